The lowest BCUT2D eigenvalue weighted by molar-refractivity contribution is -0.115. The summed E-state index contributed by atoms with van der Waals surface area (Å²) in [4.78, 5) is 17.9. The molecule has 1 unspecified atom stereocenters. The number of aromatic nitrogens is 1. The van der Waals surface area contributed by atoms with Crippen molar-refractivity contribution in [1.82, 2.24) is 4.98 Å². The minimum atomic E-state index is 0.000307. The Kier molecular flexibility index (Phi) is 14.4. The van der Waals surface area contributed by atoms with Crippen LogP contribution in [0.1, 0.15) is 95.8 Å². The molecule has 0 radical (unpaired) electrons. The number of carbonyl (C=O) groups is 1. The van der Waals surface area contributed by atoms with Crippen molar-refractivity contribution in [2.24, 2.45) is 0 Å². The third-order valence-electron chi connectivity index (χ3n) is 5.73. The number of hydrogen-bond acceptors (Lipinski definition) is 5. The molecule has 0 aliphatic carbocycles. The van der Waals surface area contributed by atoms with Crippen LogP contribution >= 0.6 is 23.5 Å². The molecule has 0 saturated heterocycles. The van der Waals surface area contributed by atoms with E-state index in [1.807, 2.05) is 43.1 Å². The summed E-state index contributed by atoms with van der Waals surface area (Å²) in [6, 6.07) is 5.83. The van der Waals surface area contributed by atoms with Crippen molar-refractivity contribution in [3.8, 4) is 0 Å². The van der Waals surface area contributed by atoms with Gasteiger partial charge < -0.3 is 9.73 Å². The van der Waals surface area contributed by atoms with E-state index in [4.69, 9.17) is 4.42 Å². The average molecular weight is 491 g/mol. The largest absolute Gasteiger partial charge is 0.468 e. The second-order valence-corrected chi connectivity index (χ2v) is 10.9. The van der Waals surface area contributed by atoms with Crippen LogP contribution in [0, 0.1) is 6.92 Å². The highest BCUT2D eigenvalue weighted by atomic mass is 32.2. The van der Waals surface area contributed by atoms with Crippen molar-refractivity contribution in [1.29, 1.82) is 0 Å². The van der Waals surface area contributed by atoms with Crippen molar-refractivity contribution in [3.63, 3.8) is 0 Å². The third-order valence-corrected chi connectivity index (χ3v) is 8.12. The number of hydrogen-bond donors (Lipinski definition) is 1. The molecule has 0 aliphatic rings. The molecule has 184 valence electrons. The number of nitrogens with zero attached hydrogens (tertiary/aromatic N) is 1. The molecule has 0 aliphatic heterocycles. The van der Waals surface area contributed by atoms with Gasteiger partial charge in [-0.1, -0.05) is 83.4 Å². The van der Waals surface area contributed by atoms with Crippen LogP contribution in [0.4, 0.5) is 5.69 Å². The minimum absolute atomic E-state index is 0.000307. The zero-order chi connectivity index (χ0) is 23.7. The Labute approximate surface area is 209 Å². The van der Waals surface area contributed by atoms with Crippen LogP contribution in [-0.4, -0.2) is 21.9 Å². The first kappa shape index (κ1) is 27.8. The van der Waals surface area contributed by atoms with E-state index in [-0.39, 0.29) is 11.2 Å². The smallest absolute Gasteiger partial charge is 0.237 e. The van der Waals surface area contributed by atoms with E-state index in [9.17, 15) is 4.79 Å². The number of thioether (sulfide) groups is 2. The molecule has 4 nitrogen and oxygen atoms in total. The Morgan fingerprint density at radius 3 is 2.48 bits per heavy atom. The number of carbonyl (C=O) groups excluding carboxylic acids is 1. The van der Waals surface area contributed by atoms with Gasteiger partial charge in [-0.2, -0.15) is 0 Å². The maximum absolute atomic E-state index is 13.3. The first-order chi connectivity index (χ1) is 16.2. The predicted octanol–water partition coefficient (Wildman–Crippen LogP) is 8.65. The minimum Gasteiger partial charge on any atom is -0.468 e. The topological polar surface area (TPSA) is 55.1 Å². The van der Waals surface area contributed by atoms with Gasteiger partial charge in [0.1, 0.15) is 10.8 Å². The van der Waals surface area contributed by atoms with Crippen LogP contribution in [0.15, 0.2) is 40.1 Å². The quantitative estimate of drug-likeness (QED) is 0.167. The Bertz CT molecular complexity index is 780. The maximum Gasteiger partial charge on any atom is 0.237 e. The van der Waals surface area contributed by atoms with Crippen molar-refractivity contribution in [3.05, 3.63) is 42.0 Å². The van der Waals surface area contributed by atoms with Gasteiger partial charge in [-0.05, 0) is 49.3 Å². The number of furan rings is 1. The molecule has 1 amide bonds. The van der Waals surface area contributed by atoms with E-state index >= 15 is 0 Å². The van der Waals surface area contributed by atoms with Gasteiger partial charge in [-0.3, -0.25) is 4.79 Å². The Morgan fingerprint density at radius 1 is 1.03 bits per heavy atom. The fourth-order valence-corrected chi connectivity index (χ4v) is 5.82. The second-order valence-electron chi connectivity index (χ2n) is 8.64. The van der Waals surface area contributed by atoms with Crippen molar-refractivity contribution < 1.29 is 9.21 Å². The number of unbranched alkanes of at least 4 members (excludes halogenated alkanes) is 8. The van der Waals surface area contributed by atoms with Crippen LogP contribution in [0.5, 0.6) is 0 Å². The molecule has 0 bridgehead atoms. The van der Waals surface area contributed by atoms with Gasteiger partial charge in [-0.15, -0.1) is 11.8 Å². The molecule has 2 aromatic rings. The Balaban J connectivity index is 1.97. The first-order valence-electron chi connectivity index (χ1n) is 12.7. The molecule has 0 aromatic carbocycles. The van der Waals surface area contributed by atoms with Gasteiger partial charge in [0.15, 0.2) is 0 Å². The van der Waals surface area contributed by atoms with Crippen molar-refractivity contribution >= 4 is 35.1 Å². The molecule has 6 heteroatoms. The molecule has 2 rings (SSSR count). The fourth-order valence-electron chi connectivity index (χ4n) is 3.69. The summed E-state index contributed by atoms with van der Waals surface area (Å²) in [5.41, 5.74) is 1.89. The van der Waals surface area contributed by atoms with E-state index in [1.54, 1.807) is 18.0 Å². The monoisotopic (exact) mass is 490 g/mol. The summed E-state index contributed by atoms with van der Waals surface area (Å²) < 4.78 is 5.46. The average Bonchev–Trinajstić information content (AvgIpc) is 3.33. The summed E-state index contributed by atoms with van der Waals surface area (Å²) in [5, 5.41) is 4.10. The standard InChI is InChI=1S/C27H42N2O2S2/c1-4-6-8-10-11-12-16-24(32-20-13-9-7-5-2)26(30)29-25-22(3)17-18-28-27(25)33-21-23-15-14-19-31-23/h14-15,17-19,24H,4-13,16,20-21H2,1-3H3,(H,29,30). The van der Waals surface area contributed by atoms with E-state index in [1.165, 1.54) is 57.8 Å². The molecule has 0 saturated carbocycles. The fraction of sp³-hybridized carbons (Fsp3) is 0.630. The normalized spacial score (nSPS) is 12.1. The molecule has 33 heavy (non-hydrogen) atoms. The summed E-state index contributed by atoms with van der Waals surface area (Å²) in [6.07, 6.45) is 16.9. The molecule has 1 atom stereocenters. The molecule has 2 heterocycles. The van der Waals surface area contributed by atoms with Crippen LogP contribution in [0.25, 0.3) is 0 Å². The maximum atomic E-state index is 13.3. The summed E-state index contributed by atoms with van der Waals surface area (Å²) in [5.74, 6) is 2.78. The zero-order valence-electron chi connectivity index (χ0n) is 20.7. The lowest BCUT2D eigenvalue weighted by Crippen LogP contribution is -2.26. The SMILES string of the molecule is CCCCCCCCC(SCCCCCC)C(=O)Nc1c(C)ccnc1SCc1ccco1. The van der Waals surface area contributed by atoms with E-state index in [2.05, 4.69) is 24.1 Å². The number of anilines is 1. The van der Waals surface area contributed by atoms with Crippen molar-refractivity contribution in [2.75, 3.05) is 11.1 Å². The Morgan fingerprint density at radius 2 is 1.76 bits per heavy atom. The van der Waals surface area contributed by atoms with Gasteiger partial charge in [0.25, 0.3) is 0 Å². The highest BCUT2D eigenvalue weighted by Crippen LogP contribution is 2.32. The number of aryl methyl sites for hydroxylation is 1. The van der Waals surface area contributed by atoms with E-state index in [0.717, 1.165) is 40.6 Å². The van der Waals surface area contributed by atoms with Crippen molar-refractivity contribution in [2.45, 2.75) is 107 Å². The van der Waals surface area contributed by atoms with Crippen LogP contribution in [-0.2, 0) is 10.5 Å². The number of nitrogens with one attached hydrogen (secondary N) is 1. The predicted molar refractivity (Wildman–Crippen MR) is 144 cm³/mol. The highest BCUT2D eigenvalue weighted by molar-refractivity contribution is 8.00. The molecule has 2 aromatic heterocycles. The van der Waals surface area contributed by atoms with Crippen LogP contribution in [0.3, 0.4) is 0 Å². The van der Waals surface area contributed by atoms with Crippen LogP contribution < -0.4 is 5.32 Å². The second kappa shape index (κ2) is 17.1. The van der Waals surface area contributed by atoms with Gasteiger partial charge >= 0.3 is 0 Å². The molecular weight excluding hydrogens is 448 g/mol. The van der Waals surface area contributed by atoms with E-state index in [0.29, 0.717) is 5.75 Å². The summed E-state index contributed by atoms with van der Waals surface area (Å²) >= 11 is 3.44. The molecule has 0 fully saturated rings. The third kappa shape index (κ3) is 11.0. The first-order valence-corrected chi connectivity index (χ1v) is 14.7. The van der Waals surface area contributed by atoms with E-state index < -0.39 is 0 Å². The van der Waals surface area contributed by atoms with Crippen LogP contribution in [0.2, 0.25) is 0 Å². The number of pyridine rings is 1. The van der Waals surface area contributed by atoms with Gasteiger partial charge in [-0.25, -0.2) is 4.98 Å². The Hall–Kier alpha value is -1.40. The van der Waals surface area contributed by atoms with Gasteiger partial charge in [0, 0.05) is 6.20 Å². The summed E-state index contributed by atoms with van der Waals surface area (Å²) in [7, 11) is 0. The molecule has 1 N–H and O–H groups in total. The lowest BCUT2D eigenvalue weighted by atomic mass is 10.1. The number of amides is 1. The highest BCUT2D eigenvalue weighted by Gasteiger charge is 2.21. The molecule has 0 spiro atoms. The lowest BCUT2D eigenvalue weighted by Gasteiger charge is -2.19. The molecular formula is C27H42N2O2S2. The van der Waals surface area contributed by atoms with Gasteiger partial charge in [0.05, 0.1) is 23.0 Å². The zero-order valence-corrected chi connectivity index (χ0v) is 22.4. The summed E-state index contributed by atoms with van der Waals surface area (Å²) in [6.45, 7) is 6.52. The van der Waals surface area contributed by atoms with Gasteiger partial charge in [0.2, 0.25) is 5.91 Å². The number of rotatable bonds is 18.